The molecule has 4 atom stereocenters. The Kier molecular flexibility index (Phi) is 2.98. The standard InChI is InChI=1S/C16H18NO3/c1-17(11-6-4-3-5-7-11)13-8-9-15(18)14(17)10-12(13)16(19)20-2/h3-9,12-14H,10H2,1-2H3/q+1. The monoisotopic (exact) mass is 272 g/mol. The molecule has 0 N–H and O–H groups in total. The topological polar surface area (TPSA) is 43.4 Å². The number of hydrogen-bond donors (Lipinski definition) is 0. The van der Waals surface area contributed by atoms with Crippen LogP contribution >= 0.6 is 0 Å². The minimum Gasteiger partial charge on any atom is -0.469 e. The van der Waals surface area contributed by atoms with E-state index in [9.17, 15) is 9.59 Å². The third-order valence-electron chi connectivity index (χ3n) is 4.76. The summed E-state index contributed by atoms with van der Waals surface area (Å²) in [4.78, 5) is 24.2. The number of rotatable bonds is 2. The normalized spacial score (nSPS) is 35.1. The average molecular weight is 272 g/mol. The van der Waals surface area contributed by atoms with Crippen molar-refractivity contribution in [2.45, 2.75) is 18.5 Å². The minimum absolute atomic E-state index is 0.0347. The van der Waals surface area contributed by atoms with Crippen LogP contribution in [0, 0.1) is 5.92 Å². The first kappa shape index (κ1) is 13.1. The highest BCUT2D eigenvalue weighted by Gasteiger charge is 2.59. The fourth-order valence-corrected chi connectivity index (χ4v) is 3.67. The summed E-state index contributed by atoms with van der Waals surface area (Å²) in [6.07, 6.45) is 4.05. The molecule has 1 aromatic carbocycles. The highest BCUT2D eigenvalue weighted by atomic mass is 16.5. The van der Waals surface area contributed by atoms with Crippen LogP contribution < -0.4 is 4.48 Å². The highest BCUT2D eigenvalue weighted by Crippen LogP contribution is 2.44. The zero-order valence-electron chi connectivity index (χ0n) is 11.7. The molecule has 4 heteroatoms. The molecule has 0 spiro atoms. The van der Waals surface area contributed by atoms with Gasteiger partial charge in [-0.15, -0.1) is 0 Å². The molecule has 3 rings (SSSR count). The van der Waals surface area contributed by atoms with Crippen LogP contribution in [0.4, 0.5) is 5.69 Å². The van der Waals surface area contributed by atoms with Crippen LogP contribution in [0.25, 0.3) is 0 Å². The number of ketones is 1. The Morgan fingerprint density at radius 3 is 2.65 bits per heavy atom. The number of fused-ring (bicyclic) bond motifs is 2. The maximum atomic E-state index is 12.2. The zero-order chi connectivity index (χ0) is 14.3. The van der Waals surface area contributed by atoms with Crippen LogP contribution in [0.5, 0.6) is 0 Å². The summed E-state index contributed by atoms with van der Waals surface area (Å²) in [7, 11) is 3.44. The second-order valence-electron chi connectivity index (χ2n) is 5.62. The summed E-state index contributed by atoms with van der Waals surface area (Å²) in [5.41, 5.74) is 1.06. The molecular weight excluding hydrogens is 254 g/mol. The van der Waals surface area contributed by atoms with Crippen molar-refractivity contribution in [3.05, 3.63) is 42.5 Å². The van der Waals surface area contributed by atoms with E-state index in [1.807, 2.05) is 43.5 Å². The summed E-state index contributed by atoms with van der Waals surface area (Å²) in [5.74, 6) is -0.381. The largest absolute Gasteiger partial charge is 0.469 e. The van der Waals surface area contributed by atoms with E-state index in [1.54, 1.807) is 6.08 Å². The van der Waals surface area contributed by atoms with Crippen LogP contribution in [0.1, 0.15) is 6.42 Å². The summed E-state index contributed by atoms with van der Waals surface area (Å²) < 4.78 is 5.38. The SMILES string of the molecule is COC(=O)C1CC2C(=O)C=CC1[N+]2(C)c1ccccc1. The summed E-state index contributed by atoms with van der Waals surface area (Å²) in [6.45, 7) is 0. The van der Waals surface area contributed by atoms with Crippen LogP contribution in [-0.2, 0) is 14.3 Å². The van der Waals surface area contributed by atoms with Crippen molar-refractivity contribution < 1.29 is 14.3 Å². The number of ether oxygens (including phenoxy) is 1. The third-order valence-corrected chi connectivity index (χ3v) is 4.76. The second kappa shape index (κ2) is 4.56. The molecule has 4 nitrogen and oxygen atoms in total. The van der Waals surface area contributed by atoms with Crippen LogP contribution in [0.15, 0.2) is 42.5 Å². The van der Waals surface area contributed by atoms with Crippen LogP contribution in [-0.4, -0.2) is 38.0 Å². The quantitative estimate of drug-likeness (QED) is 0.608. The molecule has 1 saturated heterocycles. The minimum atomic E-state index is -0.252. The molecule has 2 aliphatic rings. The Bertz CT molecular complexity index is 581. The maximum absolute atomic E-state index is 12.2. The summed E-state index contributed by atoms with van der Waals surface area (Å²) >= 11 is 0. The van der Waals surface area contributed by atoms with E-state index in [4.69, 9.17) is 4.74 Å². The van der Waals surface area contributed by atoms with E-state index in [-0.39, 0.29) is 29.8 Å². The summed E-state index contributed by atoms with van der Waals surface area (Å²) in [6, 6.07) is 9.70. The molecule has 104 valence electrons. The number of carbonyl (C=O) groups excluding carboxylic acids is 2. The third kappa shape index (κ3) is 1.64. The van der Waals surface area contributed by atoms with E-state index in [0.717, 1.165) is 5.69 Å². The number of hydrogen-bond acceptors (Lipinski definition) is 3. The molecular formula is C16H18NO3+. The van der Waals surface area contributed by atoms with Gasteiger partial charge in [-0.1, -0.05) is 18.2 Å². The molecule has 2 aliphatic heterocycles. The lowest BCUT2D eigenvalue weighted by molar-refractivity contribution is -0.145. The Morgan fingerprint density at radius 2 is 2.00 bits per heavy atom. The summed E-state index contributed by atoms with van der Waals surface area (Å²) in [5, 5.41) is 0. The number of benzene rings is 1. The average Bonchev–Trinajstić information content (AvgIpc) is 2.66. The predicted molar refractivity (Wildman–Crippen MR) is 76.0 cm³/mol. The highest BCUT2D eigenvalue weighted by molar-refractivity contribution is 5.99. The van der Waals surface area contributed by atoms with Crippen molar-refractivity contribution in [1.82, 2.24) is 4.48 Å². The predicted octanol–water partition coefficient (Wildman–Crippen LogP) is 1.69. The van der Waals surface area contributed by atoms with Crippen LogP contribution in [0.2, 0.25) is 0 Å². The van der Waals surface area contributed by atoms with E-state index >= 15 is 0 Å². The Labute approximate surface area is 118 Å². The van der Waals surface area contributed by atoms with Crippen molar-refractivity contribution in [2.75, 3.05) is 14.2 Å². The van der Waals surface area contributed by atoms with Gasteiger partial charge in [-0.05, 0) is 24.3 Å². The van der Waals surface area contributed by atoms with Crippen LogP contribution in [0.3, 0.4) is 0 Å². The Balaban J connectivity index is 2.10. The number of likely N-dealkylation sites (N-methyl/N-ethyl adjacent to an activating group) is 1. The second-order valence-corrected chi connectivity index (χ2v) is 5.62. The van der Waals surface area contributed by atoms with Gasteiger partial charge < -0.3 is 4.74 Å². The molecule has 20 heavy (non-hydrogen) atoms. The van der Waals surface area contributed by atoms with Gasteiger partial charge in [0.1, 0.15) is 17.6 Å². The molecule has 0 aromatic heterocycles. The number of quaternary nitrogens is 1. The maximum Gasteiger partial charge on any atom is 0.315 e. The smallest absolute Gasteiger partial charge is 0.315 e. The van der Waals surface area contributed by atoms with Gasteiger partial charge in [0.25, 0.3) is 0 Å². The lowest BCUT2D eigenvalue weighted by atomic mass is 9.99. The van der Waals surface area contributed by atoms with Crippen molar-refractivity contribution in [1.29, 1.82) is 0 Å². The van der Waals surface area contributed by atoms with Gasteiger partial charge in [0.2, 0.25) is 5.78 Å². The number of nitrogens with zero attached hydrogens (tertiary/aromatic N) is 1. The number of methoxy groups -OCH3 is 1. The van der Waals surface area contributed by atoms with Gasteiger partial charge in [-0.25, -0.2) is 0 Å². The molecule has 0 saturated carbocycles. The zero-order valence-corrected chi connectivity index (χ0v) is 11.7. The molecule has 0 radical (unpaired) electrons. The number of carbonyl (C=O) groups is 2. The molecule has 2 heterocycles. The van der Waals surface area contributed by atoms with E-state index in [1.165, 1.54) is 7.11 Å². The van der Waals surface area contributed by atoms with Gasteiger partial charge in [-0.3, -0.25) is 14.1 Å². The molecule has 0 amide bonds. The fraction of sp³-hybridized carbons (Fsp3) is 0.375. The van der Waals surface area contributed by atoms with Crippen molar-refractivity contribution in [3.63, 3.8) is 0 Å². The van der Waals surface area contributed by atoms with Crippen molar-refractivity contribution in [2.24, 2.45) is 5.92 Å². The molecule has 1 fully saturated rings. The number of esters is 1. The van der Waals surface area contributed by atoms with E-state index < -0.39 is 0 Å². The van der Waals surface area contributed by atoms with Gasteiger partial charge in [0.05, 0.1) is 14.2 Å². The van der Waals surface area contributed by atoms with E-state index in [2.05, 4.69) is 0 Å². The molecule has 2 bridgehead atoms. The Hall–Kier alpha value is -1.94. The van der Waals surface area contributed by atoms with Crippen molar-refractivity contribution >= 4 is 17.4 Å². The Morgan fingerprint density at radius 1 is 1.30 bits per heavy atom. The van der Waals surface area contributed by atoms with Gasteiger partial charge in [0, 0.05) is 6.42 Å². The van der Waals surface area contributed by atoms with E-state index in [0.29, 0.717) is 10.9 Å². The number of para-hydroxylation sites is 1. The first-order valence-electron chi connectivity index (χ1n) is 6.80. The van der Waals surface area contributed by atoms with Gasteiger partial charge >= 0.3 is 5.97 Å². The molecule has 4 unspecified atom stereocenters. The lowest BCUT2D eigenvalue weighted by Crippen LogP contribution is -2.59. The molecule has 1 aromatic rings. The fourth-order valence-electron chi connectivity index (χ4n) is 3.67. The van der Waals surface area contributed by atoms with Gasteiger partial charge in [-0.2, -0.15) is 0 Å². The lowest BCUT2D eigenvalue weighted by Gasteiger charge is -2.41. The van der Waals surface area contributed by atoms with Crippen molar-refractivity contribution in [3.8, 4) is 0 Å². The first-order chi connectivity index (χ1) is 9.59. The molecule has 0 aliphatic carbocycles. The van der Waals surface area contributed by atoms with Gasteiger partial charge in [0.15, 0.2) is 6.04 Å². The first-order valence-corrected chi connectivity index (χ1v) is 6.80.